The highest BCUT2D eigenvalue weighted by molar-refractivity contribution is 6.03. The number of rotatable bonds is 12. The average Bonchev–Trinajstić information content (AvgIpc) is 2.76. The molecule has 2 rings (SSSR count). The number of hydrogen-bond acceptors (Lipinski definition) is 5. The number of aliphatic imine (C=N–C) groups is 1. The summed E-state index contributed by atoms with van der Waals surface area (Å²) >= 11 is 0. The minimum atomic E-state index is -1.08. The lowest BCUT2D eigenvalue weighted by molar-refractivity contribution is -0.139. The van der Waals surface area contributed by atoms with Crippen molar-refractivity contribution < 1.29 is 24.2 Å². The van der Waals surface area contributed by atoms with Crippen molar-refractivity contribution in [2.75, 3.05) is 13.2 Å². The fourth-order valence-corrected chi connectivity index (χ4v) is 2.67. The molecule has 0 saturated heterocycles. The van der Waals surface area contributed by atoms with Crippen LogP contribution in [0.5, 0.6) is 5.75 Å². The van der Waals surface area contributed by atoms with Crippen LogP contribution in [0.2, 0.25) is 0 Å². The van der Waals surface area contributed by atoms with Crippen molar-refractivity contribution in [3.63, 3.8) is 0 Å². The van der Waals surface area contributed by atoms with Gasteiger partial charge in [-0.15, -0.1) is 0 Å². The highest BCUT2D eigenvalue weighted by atomic mass is 16.5. The van der Waals surface area contributed by atoms with Crippen LogP contribution in [-0.2, 0) is 4.79 Å². The molecular formula is C23H26N2O5. The van der Waals surface area contributed by atoms with Gasteiger partial charge in [0.25, 0.3) is 0 Å². The van der Waals surface area contributed by atoms with E-state index in [0.717, 1.165) is 18.4 Å². The van der Waals surface area contributed by atoms with E-state index in [1.807, 2.05) is 0 Å². The second-order valence-electron chi connectivity index (χ2n) is 6.75. The number of carbonyl (C=O) groups excluding carboxylic acids is 2. The molecule has 0 aliphatic rings. The number of amidine groups is 1. The van der Waals surface area contributed by atoms with Crippen LogP contribution in [0.1, 0.15) is 58.9 Å². The molecular weight excluding hydrogens is 384 g/mol. The lowest BCUT2D eigenvalue weighted by Crippen LogP contribution is -2.14. The summed E-state index contributed by atoms with van der Waals surface area (Å²) in [5, 5.41) is 8.60. The van der Waals surface area contributed by atoms with E-state index in [-0.39, 0.29) is 24.4 Å². The van der Waals surface area contributed by atoms with Gasteiger partial charge in [0.05, 0.1) is 0 Å². The summed E-state index contributed by atoms with van der Waals surface area (Å²) in [7, 11) is 0. The minimum absolute atomic E-state index is 0.0799. The molecule has 0 saturated carbocycles. The molecule has 0 amide bonds. The van der Waals surface area contributed by atoms with Gasteiger partial charge in [-0.1, -0.05) is 37.6 Å². The minimum Gasteiger partial charge on any atom is -0.482 e. The van der Waals surface area contributed by atoms with E-state index in [4.69, 9.17) is 15.6 Å². The molecule has 2 aromatic rings. The summed E-state index contributed by atoms with van der Waals surface area (Å²) in [5.41, 5.74) is 7.68. The van der Waals surface area contributed by atoms with E-state index in [2.05, 4.69) is 11.9 Å². The van der Waals surface area contributed by atoms with E-state index in [1.165, 1.54) is 12.1 Å². The van der Waals surface area contributed by atoms with Crippen molar-refractivity contribution >= 4 is 23.4 Å². The van der Waals surface area contributed by atoms with Crippen LogP contribution in [0, 0.1) is 0 Å². The fourth-order valence-electron chi connectivity index (χ4n) is 2.67. The van der Waals surface area contributed by atoms with Crippen molar-refractivity contribution in [3.8, 4) is 5.75 Å². The average molecular weight is 410 g/mol. The SMILES string of the molecule is CCCCN=C(N)c1ccc(C(=O)CCC(=O)c2ccc(OCC(=O)O)cc2)cc1. The van der Waals surface area contributed by atoms with E-state index >= 15 is 0 Å². The lowest BCUT2D eigenvalue weighted by Gasteiger charge is -2.06. The summed E-state index contributed by atoms with van der Waals surface area (Å²) in [4.78, 5) is 39.5. The number of carbonyl (C=O) groups is 3. The van der Waals surface area contributed by atoms with E-state index in [1.54, 1.807) is 36.4 Å². The number of hydrogen-bond donors (Lipinski definition) is 2. The Balaban J connectivity index is 1.88. The zero-order chi connectivity index (χ0) is 21.9. The molecule has 0 unspecified atom stereocenters. The molecule has 0 fully saturated rings. The number of nitrogens with zero attached hydrogens (tertiary/aromatic N) is 1. The Hall–Kier alpha value is -3.48. The Morgan fingerprint density at radius 1 is 0.900 bits per heavy atom. The molecule has 0 aliphatic carbocycles. The fraction of sp³-hybridized carbons (Fsp3) is 0.304. The third-order valence-electron chi connectivity index (χ3n) is 4.41. The number of Topliss-reactive ketones (excluding diaryl/α,β-unsaturated/α-hetero) is 2. The zero-order valence-electron chi connectivity index (χ0n) is 17.0. The monoisotopic (exact) mass is 410 g/mol. The number of carboxylic acid groups (broad SMARTS) is 1. The number of nitrogens with two attached hydrogens (primary N) is 1. The van der Waals surface area contributed by atoms with Crippen molar-refractivity contribution in [3.05, 3.63) is 65.2 Å². The summed E-state index contributed by atoms with van der Waals surface area (Å²) in [6.45, 7) is 2.32. The third kappa shape index (κ3) is 7.16. The molecule has 0 bridgehead atoms. The van der Waals surface area contributed by atoms with Crippen LogP contribution in [0.3, 0.4) is 0 Å². The van der Waals surface area contributed by atoms with Crippen LogP contribution in [0.4, 0.5) is 0 Å². The summed E-state index contributed by atoms with van der Waals surface area (Å²) in [5.74, 6) is -0.556. The number of unbranched alkanes of at least 4 members (excludes halogenated alkanes) is 1. The zero-order valence-corrected chi connectivity index (χ0v) is 17.0. The van der Waals surface area contributed by atoms with Gasteiger partial charge in [-0.3, -0.25) is 14.6 Å². The molecule has 7 heteroatoms. The third-order valence-corrected chi connectivity index (χ3v) is 4.41. The van der Waals surface area contributed by atoms with Crippen molar-refractivity contribution in [2.45, 2.75) is 32.6 Å². The van der Waals surface area contributed by atoms with Crippen molar-refractivity contribution in [1.29, 1.82) is 0 Å². The van der Waals surface area contributed by atoms with Gasteiger partial charge in [0.1, 0.15) is 11.6 Å². The number of aliphatic carboxylic acids is 1. The highest BCUT2D eigenvalue weighted by Gasteiger charge is 2.12. The Labute approximate surface area is 175 Å². The molecule has 2 aromatic carbocycles. The summed E-state index contributed by atoms with van der Waals surface area (Å²) in [6.07, 6.45) is 2.20. The first kappa shape index (κ1) is 22.8. The van der Waals surface area contributed by atoms with E-state index < -0.39 is 12.6 Å². The molecule has 0 aliphatic heterocycles. The van der Waals surface area contributed by atoms with Gasteiger partial charge in [0.2, 0.25) is 0 Å². The molecule has 3 N–H and O–H groups in total. The molecule has 0 heterocycles. The molecule has 30 heavy (non-hydrogen) atoms. The van der Waals surface area contributed by atoms with Gasteiger partial charge in [-0.25, -0.2) is 4.79 Å². The van der Waals surface area contributed by atoms with Gasteiger partial charge in [-0.2, -0.15) is 0 Å². The molecule has 0 atom stereocenters. The predicted octanol–water partition coefficient (Wildman–Crippen LogP) is 3.50. The highest BCUT2D eigenvalue weighted by Crippen LogP contribution is 2.15. The summed E-state index contributed by atoms with van der Waals surface area (Å²) < 4.78 is 5.03. The van der Waals surface area contributed by atoms with Crippen LogP contribution in [-0.4, -0.2) is 41.6 Å². The second-order valence-corrected chi connectivity index (χ2v) is 6.75. The van der Waals surface area contributed by atoms with Gasteiger partial charge in [-0.05, 0) is 30.7 Å². The van der Waals surface area contributed by atoms with Crippen LogP contribution < -0.4 is 10.5 Å². The Morgan fingerprint density at radius 2 is 1.40 bits per heavy atom. The van der Waals surface area contributed by atoms with E-state index in [0.29, 0.717) is 29.3 Å². The number of benzene rings is 2. The maximum atomic E-state index is 12.4. The van der Waals surface area contributed by atoms with E-state index in [9.17, 15) is 14.4 Å². The second kappa shape index (κ2) is 11.5. The molecule has 0 aromatic heterocycles. The van der Waals surface area contributed by atoms with Gasteiger partial charge in [0, 0.05) is 36.1 Å². The first-order valence-corrected chi connectivity index (χ1v) is 9.82. The maximum Gasteiger partial charge on any atom is 0.341 e. The Kier molecular flexibility index (Phi) is 8.75. The normalized spacial score (nSPS) is 11.2. The Morgan fingerprint density at radius 3 is 1.90 bits per heavy atom. The standard InChI is InChI=1S/C23H26N2O5/c1-2-3-14-25-23(24)18-6-4-16(5-7-18)20(26)12-13-21(27)17-8-10-19(11-9-17)30-15-22(28)29/h4-11H,2-3,12-15H2,1H3,(H2,24,25)(H,28,29). The van der Waals surface area contributed by atoms with Gasteiger partial charge >= 0.3 is 5.97 Å². The molecule has 7 nitrogen and oxygen atoms in total. The summed E-state index contributed by atoms with van der Waals surface area (Å²) in [6, 6.07) is 13.1. The Bertz CT molecular complexity index is 902. The first-order valence-electron chi connectivity index (χ1n) is 9.82. The number of carboxylic acids is 1. The van der Waals surface area contributed by atoms with Crippen LogP contribution in [0.15, 0.2) is 53.5 Å². The predicted molar refractivity (Wildman–Crippen MR) is 114 cm³/mol. The van der Waals surface area contributed by atoms with Gasteiger partial charge < -0.3 is 15.6 Å². The largest absolute Gasteiger partial charge is 0.482 e. The van der Waals surface area contributed by atoms with Crippen molar-refractivity contribution in [2.24, 2.45) is 10.7 Å². The molecule has 0 spiro atoms. The van der Waals surface area contributed by atoms with Gasteiger partial charge in [0.15, 0.2) is 18.2 Å². The maximum absolute atomic E-state index is 12.4. The lowest BCUT2D eigenvalue weighted by atomic mass is 10.0. The first-order chi connectivity index (χ1) is 14.4. The van der Waals surface area contributed by atoms with Crippen LogP contribution >= 0.6 is 0 Å². The van der Waals surface area contributed by atoms with Crippen molar-refractivity contribution in [1.82, 2.24) is 0 Å². The van der Waals surface area contributed by atoms with Crippen LogP contribution in [0.25, 0.3) is 0 Å². The number of ketones is 2. The quantitative estimate of drug-likeness (QED) is 0.239. The molecule has 0 radical (unpaired) electrons. The smallest absolute Gasteiger partial charge is 0.341 e. The topological polar surface area (TPSA) is 119 Å². The number of ether oxygens (including phenoxy) is 1. The molecule has 158 valence electrons.